The van der Waals surface area contributed by atoms with Crippen molar-refractivity contribution >= 4 is 5.96 Å². The number of nitrogens with zero attached hydrogens (tertiary/aromatic N) is 1. The number of hydrogen-bond donors (Lipinski definition) is 2. The molecule has 0 radical (unpaired) electrons. The molecule has 2 N–H and O–H groups in total. The predicted molar refractivity (Wildman–Crippen MR) is 84.4 cm³/mol. The standard InChI is InChI=1S/C17H21N3O/c1-12-6-3-4-8-14(12)15-10-16(15)20-17(18-2)19-11-13-7-5-9-21-13/h3-9,15-16H,10-11H2,1-2H3,(H2,18,19,20). The zero-order valence-electron chi connectivity index (χ0n) is 12.5. The largest absolute Gasteiger partial charge is 0.467 e. The minimum Gasteiger partial charge on any atom is -0.467 e. The number of rotatable bonds is 4. The molecule has 0 amide bonds. The van der Waals surface area contributed by atoms with Gasteiger partial charge in [-0.1, -0.05) is 24.3 Å². The van der Waals surface area contributed by atoms with Gasteiger partial charge in [-0.25, -0.2) is 0 Å². The van der Waals surface area contributed by atoms with Gasteiger partial charge in [0.1, 0.15) is 5.76 Å². The minimum absolute atomic E-state index is 0.467. The Morgan fingerprint density at radius 3 is 2.86 bits per heavy atom. The topological polar surface area (TPSA) is 49.6 Å². The SMILES string of the molecule is CN=C(NCc1ccco1)NC1CC1c1ccccc1C. The molecule has 1 aromatic heterocycles. The molecule has 4 nitrogen and oxygen atoms in total. The highest BCUT2D eigenvalue weighted by Crippen LogP contribution is 2.41. The summed E-state index contributed by atoms with van der Waals surface area (Å²) in [6.07, 6.45) is 2.84. The van der Waals surface area contributed by atoms with Crippen molar-refractivity contribution in [1.29, 1.82) is 0 Å². The molecule has 2 atom stereocenters. The van der Waals surface area contributed by atoms with Gasteiger partial charge in [-0.05, 0) is 36.6 Å². The average Bonchev–Trinajstić information content (AvgIpc) is 3.05. The number of aryl methyl sites for hydroxylation is 1. The third-order valence-corrected chi connectivity index (χ3v) is 3.93. The van der Waals surface area contributed by atoms with E-state index in [-0.39, 0.29) is 0 Å². The molecule has 2 unspecified atom stereocenters. The first-order chi connectivity index (χ1) is 10.3. The van der Waals surface area contributed by atoms with Crippen LogP contribution in [0.4, 0.5) is 0 Å². The summed E-state index contributed by atoms with van der Waals surface area (Å²) in [7, 11) is 1.79. The number of benzene rings is 1. The number of aliphatic imine (C=N–C) groups is 1. The molecule has 2 aromatic rings. The highest BCUT2D eigenvalue weighted by Gasteiger charge is 2.39. The van der Waals surface area contributed by atoms with E-state index in [1.54, 1.807) is 13.3 Å². The molecule has 1 aliphatic carbocycles. The summed E-state index contributed by atoms with van der Waals surface area (Å²) in [5.74, 6) is 2.32. The lowest BCUT2D eigenvalue weighted by molar-refractivity contribution is 0.501. The predicted octanol–water partition coefficient (Wildman–Crippen LogP) is 2.81. The van der Waals surface area contributed by atoms with Gasteiger partial charge in [-0.2, -0.15) is 0 Å². The van der Waals surface area contributed by atoms with Crippen molar-refractivity contribution in [2.24, 2.45) is 4.99 Å². The van der Waals surface area contributed by atoms with Gasteiger partial charge in [-0.15, -0.1) is 0 Å². The fourth-order valence-electron chi connectivity index (χ4n) is 2.66. The monoisotopic (exact) mass is 283 g/mol. The Balaban J connectivity index is 1.54. The molecule has 21 heavy (non-hydrogen) atoms. The van der Waals surface area contributed by atoms with E-state index in [2.05, 4.69) is 46.8 Å². The molecular weight excluding hydrogens is 262 g/mol. The highest BCUT2D eigenvalue weighted by atomic mass is 16.3. The first-order valence-electron chi connectivity index (χ1n) is 7.33. The summed E-state index contributed by atoms with van der Waals surface area (Å²) in [5, 5.41) is 6.75. The van der Waals surface area contributed by atoms with E-state index < -0.39 is 0 Å². The van der Waals surface area contributed by atoms with Gasteiger partial charge in [0.05, 0.1) is 12.8 Å². The Bertz CT molecular complexity index is 619. The van der Waals surface area contributed by atoms with E-state index in [1.165, 1.54) is 11.1 Å². The van der Waals surface area contributed by atoms with E-state index in [0.717, 1.165) is 18.1 Å². The van der Waals surface area contributed by atoms with Crippen LogP contribution >= 0.6 is 0 Å². The van der Waals surface area contributed by atoms with Crippen LogP contribution in [-0.4, -0.2) is 19.0 Å². The quantitative estimate of drug-likeness (QED) is 0.670. The normalized spacial score (nSPS) is 21.1. The van der Waals surface area contributed by atoms with Crippen molar-refractivity contribution in [2.75, 3.05) is 7.05 Å². The first kappa shape index (κ1) is 13.7. The van der Waals surface area contributed by atoms with Crippen LogP contribution in [0, 0.1) is 6.92 Å². The van der Waals surface area contributed by atoms with Crippen LogP contribution in [0.3, 0.4) is 0 Å². The van der Waals surface area contributed by atoms with Gasteiger partial charge in [0.25, 0.3) is 0 Å². The molecule has 1 heterocycles. The van der Waals surface area contributed by atoms with Crippen LogP contribution < -0.4 is 10.6 Å². The number of furan rings is 1. The Morgan fingerprint density at radius 2 is 2.14 bits per heavy atom. The molecular formula is C17H21N3O. The van der Waals surface area contributed by atoms with Gasteiger partial charge < -0.3 is 15.1 Å². The average molecular weight is 283 g/mol. The van der Waals surface area contributed by atoms with Crippen molar-refractivity contribution in [3.05, 3.63) is 59.5 Å². The second kappa shape index (κ2) is 6.04. The molecule has 1 saturated carbocycles. The molecule has 0 bridgehead atoms. The third kappa shape index (κ3) is 3.27. The van der Waals surface area contributed by atoms with Gasteiger partial charge in [0.15, 0.2) is 5.96 Å². The Morgan fingerprint density at radius 1 is 1.29 bits per heavy atom. The van der Waals surface area contributed by atoms with Crippen molar-refractivity contribution in [2.45, 2.75) is 31.8 Å². The zero-order chi connectivity index (χ0) is 14.7. The van der Waals surface area contributed by atoms with E-state index in [1.807, 2.05) is 12.1 Å². The van der Waals surface area contributed by atoms with Crippen LogP contribution in [0.2, 0.25) is 0 Å². The molecule has 4 heteroatoms. The van der Waals surface area contributed by atoms with Crippen LogP contribution in [0.15, 0.2) is 52.1 Å². The van der Waals surface area contributed by atoms with Gasteiger partial charge >= 0.3 is 0 Å². The summed E-state index contributed by atoms with van der Waals surface area (Å²) < 4.78 is 5.31. The molecule has 1 fully saturated rings. The summed E-state index contributed by atoms with van der Waals surface area (Å²) in [6, 6.07) is 12.9. The van der Waals surface area contributed by atoms with Crippen molar-refractivity contribution in [1.82, 2.24) is 10.6 Å². The number of guanidine groups is 1. The Kier molecular flexibility index (Phi) is 3.95. The second-order valence-electron chi connectivity index (χ2n) is 5.45. The molecule has 3 rings (SSSR count). The van der Waals surface area contributed by atoms with E-state index in [9.17, 15) is 0 Å². The van der Waals surface area contributed by atoms with E-state index in [0.29, 0.717) is 18.5 Å². The summed E-state index contributed by atoms with van der Waals surface area (Å²) >= 11 is 0. The first-order valence-corrected chi connectivity index (χ1v) is 7.33. The lowest BCUT2D eigenvalue weighted by atomic mass is 10.0. The third-order valence-electron chi connectivity index (χ3n) is 3.93. The molecule has 0 saturated heterocycles. The van der Waals surface area contributed by atoms with Crippen molar-refractivity contribution < 1.29 is 4.42 Å². The van der Waals surface area contributed by atoms with Crippen molar-refractivity contribution in [3.8, 4) is 0 Å². The maximum absolute atomic E-state index is 5.31. The lowest BCUT2D eigenvalue weighted by Crippen LogP contribution is -2.38. The number of nitrogens with one attached hydrogen (secondary N) is 2. The van der Waals surface area contributed by atoms with Crippen LogP contribution in [0.5, 0.6) is 0 Å². The maximum Gasteiger partial charge on any atom is 0.191 e. The van der Waals surface area contributed by atoms with Crippen molar-refractivity contribution in [3.63, 3.8) is 0 Å². The van der Waals surface area contributed by atoms with E-state index >= 15 is 0 Å². The van der Waals surface area contributed by atoms with Gasteiger partial charge in [-0.3, -0.25) is 4.99 Å². The molecule has 1 aliphatic rings. The van der Waals surface area contributed by atoms with Crippen LogP contribution in [0.1, 0.15) is 29.2 Å². The van der Waals surface area contributed by atoms with E-state index in [4.69, 9.17) is 4.42 Å². The molecule has 110 valence electrons. The zero-order valence-corrected chi connectivity index (χ0v) is 12.5. The summed E-state index contributed by atoms with van der Waals surface area (Å²) in [4.78, 5) is 4.27. The fourth-order valence-corrected chi connectivity index (χ4v) is 2.66. The van der Waals surface area contributed by atoms with Gasteiger partial charge in [0, 0.05) is 19.0 Å². The molecule has 0 aliphatic heterocycles. The number of hydrogen-bond acceptors (Lipinski definition) is 2. The van der Waals surface area contributed by atoms with Gasteiger partial charge in [0.2, 0.25) is 0 Å². The highest BCUT2D eigenvalue weighted by molar-refractivity contribution is 5.80. The summed E-state index contributed by atoms with van der Waals surface area (Å²) in [5.41, 5.74) is 2.81. The van der Waals surface area contributed by atoms with Crippen LogP contribution in [0.25, 0.3) is 0 Å². The Hall–Kier alpha value is -2.23. The molecule has 0 spiro atoms. The Labute approximate surface area is 125 Å². The second-order valence-corrected chi connectivity index (χ2v) is 5.45. The van der Waals surface area contributed by atoms with Crippen LogP contribution in [-0.2, 0) is 6.54 Å². The molecule has 1 aromatic carbocycles. The summed E-state index contributed by atoms with van der Waals surface area (Å²) in [6.45, 7) is 2.82. The maximum atomic E-state index is 5.31. The smallest absolute Gasteiger partial charge is 0.191 e. The minimum atomic E-state index is 0.467. The fraction of sp³-hybridized carbons (Fsp3) is 0.353. The lowest BCUT2D eigenvalue weighted by Gasteiger charge is -2.11.